The zero-order valence-electron chi connectivity index (χ0n) is 13.0. The van der Waals surface area contributed by atoms with Gasteiger partial charge in [0.25, 0.3) is 0 Å². The molecule has 0 saturated carbocycles. The number of hydrogen-bond donors (Lipinski definition) is 0. The van der Waals surface area contributed by atoms with Crippen LogP contribution in [-0.2, 0) is 9.57 Å². The lowest BCUT2D eigenvalue weighted by Gasteiger charge is -2.25. The Hall–Kier alpha value is -1.59. The molecule has 5 nitrogen and oxygen atoms in total. The maximum atomic E-state index is 5.32. The molecule has 1 aliphatic rings. The van der Waals surface area contributed by atoms with Gasteiger partial charge < -0.3 is 14.5 Å². The van der Waals surface area contributed by atoms with Crippen LogP contribution in [0.25, 0.3) is 0 Å². The largest absolute Gasteiger partial charge is 0.394 e. The zero-order chi connectivity index (χ0) is 14.9. The maximum Gasteiger partial charge on any atom is 0.129 e. The van der Waals surface area contributed by atoms with Crippen LogP contribution in [0.5, 0.6) is 0 Å². The highest BCUT2D eigenvalue weighted by Gasteiger charge is 2.09. The van der Waals surface area contributed by atoms with Crippen molar-refractivity contribution in [1.29, 1.82) is 0 Å². The lowest BCUT2D eigenvalue weighted by molar-refractivity contribution is 0.0214. The lowest BCUT2D eigenvalue weighted by Crippen LogP contribution is -2.38. The molecule has 21 heavy (non-hydrogen) atoms. The van der Waals surface area contributed by atoms with Gasteiger partial charge in [-0.3, -0.25) is 4.90 Å². The smallest absolute Gasteiger partial charge is 0.129 e. The summed E-state index contributed by atoms with van der Waals surface area (Å²) in [5.74, 6) is 0. The van der Waals surface area contributed by atoms with Gasteiger partial charge in [0.2, 0.25) is 0 Å². The molecular weight excluding hydrogens is 266 g/mol. The molecule has 0 spiro atoms. The van der Waals surface area contributed by atoms with E-state index >= 15 is 0 Å². The molecule has 2 rings (SSSR count). The van der Waals surface area contributed by atoms with E-state index in [-0.39, 0.29) is 0 Å². The molecular formula is C16H25N3O2. The molecule has 1 saturated heterocycles. The molecule has 1 aromatic rings. The number of morpholine rings is 1. The fourth-order valence-electron chi connectivity index (χ4n) is 2.14. The van der Waals surface area contributed by atoms with Gasteiger partial charge in [-0.1, -0.05) is 17.3 Å². The Bertz CT molecular complexity index is 428. The number of oxime groups is 1. The second-order valence-electron chi connectivity index (χ2n) is 5.13. The van der Waals surface area contributed by atoms with E-state index in [4.69, 9.17) is 9.57 Å². The Morgan fingerprint density at radius 1 is 1.29 bits per heavy atom. The van der Waals surface area contributed by atoms with Gasteiger partial charge >= 0.3 is 0 Å². The van der Waals surface area contributed by atoms with Gasteiger partial charge in [-0.05, 0) is 24.6 Å². The normalized spacial score (nSPS) is 16.3. The lowest BCUT2D eigenvalue weighted by atomic mass is 10.2. The average Bonchev–Trinajstić information content (AvgIpc) is 2.55. The van der Waals surface area contributed by atoms with Crippen LogP contribution < -0.4 is 4.90 Å². The van der Waals surface area contributed by atoms with E-state index in [1.165, 1.54) is 5.69 Å². The van der Waals surface area contributed by atoms with Crippen molar-refractivity contribution in [3.8, 4) is 0 Å². The van der Waals surface area contributed by atoms with E-state index in [0.717, 1.165) is 45.0 Å². The minimum absolute atomic E-state index is 0.618. The molecule has 0 amide bonds. The van der Waals surface area contributed by atoms with Crippen LogP contribution >= 0.6 is 0 Å². The molecule has 0 atom stereocenters. The van der Waals surface area contributed by atoms with Crippen molar-refractivity contribution in [1.82, 2.24) is 4.90 Å². The molecule has 0 unspecified atom stereocenters. The second kappa shape index (κ2) is 8.64. The summed E-state index contributed by atoms with van der Waals surface area (Å²) in [6.45, 7) is 8.27. The highest BCUT2D eigenvalue weighted by atomic mass is 16.6. The number of nitrogens with zero attached hydrogens (tertiary/aromatic N) is 3. The first-order valence-corrected chi connectivity index (χ1v) is 7.56. The number of hydrogen-bond acceptors (Lipinski definition) is 5. The predicted octanol–water partition coefficient (Wildman–Crippen LogP) is 1.83. The molecule has 0 bridgehead atoms. The molecule has 1 aliphatic heterocycles. The van der Waals surface area contributed by atoms with Crippen molar-refractivity contribution in [3.63, 3.8) is 0 Å². The van der Waals surface area contributed by atoms with Crippen molar-refractivity contribution in [3.05, 3.63) is 29.8 Å². The molecule has 1 aromatic carbocycles. The molecule has 0 N–H and O–H groups in total. The minimum atomic E-state index is 0.618. The Morgan fingerprint density at radius 2 is 2.00 bits per heavy atom. The topological polar surface area (TPSA) is 37.3 Å². The van der Waals surface area contributed by atoms with Crippen LogP contribution in [0, 0.1) is 0 Å². The number of benzene rings is 1. The first-order valence-electron chi connectivity index (χ1n) is 7.56. The standard InChI is InChI=1S/C16H25N3O2/c1-3-18(2)16-6-4-15(5-7-16)14-17-21-13-10-19-8-11-20-12-9-19/h4-7,14H,3,8-13H2,1-2H3/b17-14-. The third-order valence-corrected chi connectivity index (χ3v) is 3.69. The van der Waals surface area contributed by atoms with Crippen molar-refractivity contribution in [2.75, 3.05) is 57.9 Å². The van der Waals surface area contributed by atoms with Crippen molar-refractivity contribution >= 4 is 11.9 Å². The number of rotatable bonds is 7. The minimum Gasteiger partial charge on any atom is -0.394 e. The quantitative estimate of drug-likeness (QED) is 0.436. The van der Waals surface area contributed by atoms with Crippen LogP contribution in [0.15, 0.2) is 29.4 Å². The van der Waals surface area contributed by atoms with E-state index in [0.29, 0.717) is 6.61 Å². The average molecular weight is 291 g/mol. The van der Waals surface area contributed by atoms with E-state index in [1.54, 1.807) is 6.21 Å². The summed E-state index contributed by atoms with van der Waals surface area (Å²) in [7, 11) is 2.08. The van der Waals surface area contributed by atoms with Gasteiger partial charge in [0, 0.05) is 38.9 Å². The molecule has 5 heteroatoms. The summed E-state index contributed by atoms with van der Waals surface area (Å²) < 4.78 is 5.30. The second-order valence-corrected chi connectivity index (χ2v) is 5.13. The monoisotopic (exact) mass is 291 g/mol. The van der Waals surface area contributed by atoms with Crippen LogP contribution in [0.1, 0.15) is 12.5 Å². The first kappa shape index (κ1) is 15.8. The van der Waals surface area contributed by atoms with E-state index in [1.807, 2.05) is 0 Å². The van der Waals surface area contributed by atoms with Crippen molar-refractivity contribution in [2.24, 2.45) is 5.16 Å². The molecule has 1 heterocycles. The Kier molecular flexibility index (Phi) is 6.50. The van der Waals surface area contributed by atoms with Gasteiger partial charge in [0.05, 0.1) is 19.4 Å². The number of ether oxygens (including phenoxy) is 1. The summed E-state index contributed by atoms with van der Waals surface area (Å²) in [5, 5.41) is 4.02. The van der Waals surface area contributed by atoms with Gasteiger partial charge in [-0.25, -0.2) is 0 Å². The SMILES string of the molecule is CCN(C)c1ccc(/C=N\OCCN2CCOCC2)cc1. The van der Waals surface area contributed by atoms with Crippen LogP contribution in [-0.4, -0.2) is 64.2 Å². The summed E-state index contributed by atoms with van der Waals surface area (Å²) in [4.78, 5) is 9.84. The van der Waals surface area contributed by atoms with Crippen molar-refractivity contribution in [2.45, 2.75) is 6.92 Å². The Labute approximate surface area is 127 Å². The highest BCUT2D eigenvalue weighted by Crippen LogP contribution is 2.12. The third-order valence-electron chi connectivity index (χ3n) is 3.69. The summed E-state index contributed by atoms with van der Waals surface area (Å²) >= 11 is 0. The number of anilines is 1. The van der Waals surface area contributed by atoms with Crippen LogP contribution in [0.4, 0.5) is 5.69 Å². The molecule has 116 valence electrons. The van der Waals surface area contributed by atoms with E-state index in [2.05, 4.69) is 53.2 Å². The van der Waals surface area contributed by atoms with Gasteiger partial charge in [0.15, 0.2) is 0 Å². The Balaban J connectivity index is 1.68. The predicted molar refractivity (Wildman–Crippen MR) is 86.2 cm³/mol. The molecule has 0 radical (unpaired) electrons. The van der Waals surface area contributed by atoms with Gasteiger partial charge in [-0.2, -0.15) is 0 Å². The molecule has 0 aromatic heterocycles. The fraction of sp³-hybridized carbons (Fsp3) is 0.562. The Morgan fingerprint density at radius 3 is 2.67 bits per heavy atom. The van der Waals surface area contributed by atoms with Crippen LogP contribution in [0.3, 0.4) is 0 Å². The zero-order valence-corrected chi connectivity index (χ0v) is 13.0. The summed E-state index contributed by atoms with van der Waals surface area (Å²) in [6.07, 6.45) is 1.76. The summed E-state index contributed by atoms with van der Waals surface area (Å²) in [5.41, 5.74) is 2.26. The summed E-state index contributed by atoms with van der Waals surface area (Å²) in [6, 6.07) is 8.30. The maximum absolute atomic E-state index is 5.32. The fourth-order valence-corrected chi connectivity index (χ4v) is 2.14. The van der Waals surface area contributed by atoms with Gasteiger partial charge in [0.1, 0.15) is 6.61 Å². The first-order chi connectivity index (χ1) is 10.3. The highest BCUT2D eigenvalue weighted by molar-refractivity contribution is 5.79. The van der Waals surface area contributed by atoms with Gasteiger partial charge in [-0.15, -0.1) is 0 Å². The van der Waals surface area contributed by atoms with Crippen LogP contribution in [0.2, 0.25) is 0 Å². The van der Waals surface area contributed by atoms with E-state index in [9.17, 15) is 0 Å². The van der Waals surface area contributed by atoms with Crippen molar-refractivity contribution < 1.29 is 9.57 Å². The molecule has 1 fully saturated rings. The third kappa shape index (κ3) is 5.36. The van der Waals surface area contributed by atoms with E-state index < -0.39 is 0 Å². The molecule has 0 aliphatic carbocycles.